The van der Waals surface area contributed by atoms with E-state index >= 15 is 0 Å². The molecule has 0 saturated carbocycles. The number of pyridine rings is 2. The lowest BCUT2D eigenvalue weighted by atomic mass is 9.95. The van der Waals surface area contributed by atoms with E-state index in [0.717, 1.165) is 94.3 Å². The third-order valence-electron chi connectivity index (χ3n) is 8.80. The molecule has 1 N–H and O–H groups in total. The number of likely N-dealkylation sites (tertiary alicyclic amines) is 1. The monoisotopic (exact) mass is 591 g/mol. The fraction of sp³-hybridized carbons (Fsp3) is 0.222. The van der Waals surface area contributed by atoms with Crippen molar-refractivity contribution in [3.8, 4) is 33.9 Å². The van der Waals surface area contributed by atoms with Crippen LogP contribution in [-0.2, 0) is 6.54 Å². The van der Waals surface area contributed by atoms with Crippen LogP contribution in [0, 0.1) is 13.8 Å². The van der Waals surface area contributed by atoms with Gasteiger partial charge in [-0.05, 0) is 68.6 Å². The van der Waals surface area contributed by atoms with Gasteiger partial charge in [0.25, 0.3) is 0 Å². The van der Waals surface area contributed by atoms with Gasteiger partial charge in [-0.2, -0.15) is 14.7 Å². The van der Waals surface area contributed by atoms with E-state index in [2.05, 4.69) is 84.8 Å². The quantitative estimate of drug-likeness (QED) is 0.227. The minimum absolute atomic E-state index is 0.379. The van der Waals surface area contributed by atoms with Gasteiger partial charge >= 0.3 is 0 Å². The molecular formula is C36H33N9. The highest BCUT2D eigenvalue weighted by molar-refractivity contribution is 5.90. The van der Waals surface area contributed by atoms with Crippen LogP contribution in [0.25, 0.3) is 50.6 Å². The Morgan fingerprint density at radius 2 is 1.64 bits per heavy atom. The summed E-state index contributed by atoms with van der Waals surface area (Å²) in [5.41, 5.74) is 9.98. The van der Waals surface area contributed by atoms with Gasteiger partial charge in [-0.1, -0.05) is 60.7 Å². The summed E-state index contributed by atoms with van der Waals surface area (Å²) in [6.07, 6.45) is 5.78. The van der Waals surface area contributed by atoms with Gasteiger partial charge in [-0.25, -0.2) is 15.0 Å². The number of hydrogen-bond donors (Lipinski definition) is 1. The Hall–Kier alpha value is -5.28. The van der Waals surface area contributed by atoms with Crippen LogP contribution in [0.15, 0.2) is 91.3 Å². The van der Waals surface area contributed by atoms with E-state index in [4.69, 9.17) is 9.97 Å². The van der Waals surface area contributed by atoms with Gasteiger partial charge in [-0.15, -0.1) is 0 Å². The SMILES string of the molecule is Cc1cc2ncc3cc(-c4ccccc4)c(-c4ccc(CN5CCC(c6nc(-c7ncccc7C)n[nH]6)CC5)cc4)nc3n2n1. The zero-order chi connectivity index (χ0) is 30.3. The first-order chi connectivity index (χ1) is 22.1. The average Bonchev–Trinajstić information content (AvgIpc) is 3.72. The molecule has 9 heteroatoms. The van der Waals surface area contributed by atoms with Gasteiger partial charge in [0.1, 0.15) is 11.5 Å². The Balaban J connectivity index is 1.01. The normalized spacial score (nSPS) is 14.4. The average molecular weight is 592 g/mol. The molecule has 0 radical (unpaired) electrons. The van der Waals surface area contributed by atoms with Crippen LogP contribution >= 0.6 is 0 Å². The lowest BCUT2D eigenvalue weighted by Gasteiger charge is -2.31. The van der Waals surface area contributed by atoms with Crippen LogP contribution in [0.1, 0.15) is 41.4 Å². The maximum absolute atomic E-state index is 5.20. The van der Waals surface area contributed by atoms with Crippen molar-refractivity contribution < 1.29 is 0 Å². The predicted octanol–water partition coefficient (Wildman–Crippen LogP) is 6.79. The fourth-order valence-corrected chi connectivity index (χ4v) is 6.38. The molecule has 1 saturated heterocycles. The molecule has 5 aromatic heterocycles. The van der Waals surface area contributed by atoms with Crippen molar-refractivity contribution in [2.24, 2.45) is 0 Å². The smallest absolute Gasteiger partial charge is 0.200 e. The van der Waals surface area contributed by atoms with Crippen LogP contribution < -0.4 is 0 Å². The molecule has 222 valence electrons. The number of H-pyrrole nitrogens is 1. The Bertz CT molecular complexity index is 2120. The van der Waals surface area contributed by atoms with Crippen LogP contribution in [0.5, 0.6) is 0 Å². The van der Waals surface area contributed by atoms with Crippen molar-refractivity contribution in [2.75, 3.05) is 13.1 Å². The van der Waals surface area contributed by atoms with Gasteiger partial charge in [0.05, 0.1) is 11.4 Å². The molecule has 0 amide bonds. The second kappa shape index (κ2) is 11.3. The summed E-state index contributed by atoms with van der Waals surface area (Å²) in [7, 11) is 0. The fourth-order valence-electron chi connectivity index (χ4n) is 6.38. The standard InChI is InChI=1S/C36H33N9/c1-23-7-6-16-37-32(23)35-40-34(41-42-35)28-14-17-44(18-15-28)22-25-10-12-27(13-11-25)33-30(26-8-4-3-5-9-26)20-29-21-38-31-19-24(2)43-45(31)36(29)39-33/h3-13,16,19-21,28H,14-15,17-18,22H2,1-2H3,(H,40,41,42). The molecule has 1 fully saturated rings. The molecule has 6 heterocycles. The molecule has 45 heavy (non-hydrogen) atoms. The van der Waals surface area contributed by atoms with E-state index in [9.17, 15) is 0 Å². The summed E-state index contributed by atoms with van der Waals surface area (Å²) in [5, 5.41) is 13.3. The van der Waals surface area contributed by atoms with Gasteiger partial charge in [0.15, 0.2) is 17.1 Å². The van der Waals surface area contributed by atoms with Crippen molar-refractivity contribution in [1.29, 1.82) is 0 Å². The second-order valence-electron chi connectivity index (χ2n) is 11.9. The summed E-state index contributed by atoms with van der Waals surface area (Å²) in [6, 6.07) is 27.5. The van der Waals surface area contributed by atoms with Crippen LogP contribution in [-0.4, -0.2) is 57.7 Å². The van der Waals surface area contributed by atoms with E-state index in [1.165, 1.54) is 5.56 Å². The highest BCUT2D eigenvalue weighted by Gasteiger charge is 2.24. The molecule has 0 unspecified atom stereocenters. The summed E-state index contributed by atoms with van der Waals surface area (Å²) in [4.78, 5) is 21.6. The summed E-state index contributed by atoms with van der Waals surface area (Å²) < 4.78 is 1.85. The summed E-state index contributed by atoms with van der Waals surface area (Å²) in [6.45, 7) is 6.97. The zero-order valence-electron chi connectivity index (χ0n) is 25.4. The Morgan fingerprint density at radius 1 is 0.822 bits per heavy atom. The lowest BCUT2D eigenvalue weighted by molar-refractivity contribution is 0.202. The molecule has 8 rings (SSSR count). The predicted molar refractivity (Wildman–Crippen MR) is 175 cm³/mol. The topological polar surface area (TPSA) is 101 Å². The van der Waals surface area contributed by atoms with E-state index in [1.807, 2.05) is 48.8 Å². The molecule has 9 nitrogen and oxygen atoms in total. The summed E-state index contributed by atoms with van der Waals surface area (Å²) >= 11 is 0. The van der Waals surface area contributed by atoms with Crippen molar-refractivity contribution in [2.45, 2.75) is 39.2 Å². The molecule has 0 atom stereocenters. The number of aryl methyl sites for hydroxylation is 2. The highest BCUT2D eigenvalue weighted by atomic mass is 15.3. The van der Waals surface area contributed by atoms with Crippen molar-refractivity contribution in [3.63, 3.8) is 0 Å². The second-order valence-corrected chi connectivity index (χ2v) is 11.9. The van der Waals surface area contributed by atoms with E-state index in [-0.39, 0.29) is 0 Å². The number of hydrogen-bond acceptors (Lipinski definition) is 7. The molecule has 0 spiro atoms. The third-order valence-corrected chi connectivity index (χ3v) is 8.80. The molecule has 1 aliphatic rings. The number of rotatable bonds is 6. The van der Waals surface area contributed by atoms with Gasteiger partial charge in [0, 0.05) is 47.4 Å². The van der Waals surface area contributed by atoms with Crippen LogP contribution in [0.2, 0.25) is 0 Å². The van der Waals surface area contributed by atoms with Crippen LogP contribution in [0.3, 0.4) is 0 Å². The molecule has 2 aromatic carbocycles. The number of piperidine rings is 1. The summed E-state index contributed by atoms with van der Waals surface area (Å²) in [5.74, 6) is 2.03. The van der Waals surface area contributed by atoms with E-state index < -0.39 is 0 Å². The first-order valence-corrected chi connectivity index (χ1v) is 15.5. The van der Waals surface area contributed by atoms with E-state index in [0.29, 0.717) is 11.7 Å². The molecule has 0 bridgehead atoms. The number of nitrogens with zero attached hydrogens (tertiary/aromatic N) is 8. The first-order valence-electron chi connectivity index (χ1n) is 15.5. The number of nitrogens with one attached hydrogen (secondary N) is 1. The zero-order valence-corrected chi connectivity index (χ0v) is 25.4. The third kappa shape index (κ3) is 5.25. The largest absolute Gasteiger partial charge is 0.299 e. The molecule has 0 aliphatic carbocycles. The Labute approximate surface area is 261 Å². The van der Waals surface area contributed by atoms with Crippen molar-refractivity contribution in [3.05, 3.63) is 114 Å². The minimum Gasteiger partial charge on any atom is -0.299 e. The number of aromatic nitrogens is 8. The van der Waals surface area contributed by atoms with E-state index in [1.54, 1.807) is 6.20 Å². The molecule has 1 aliphatic heterocycles. The molecule has 7 aromatic rings. The van der Waals surface area contributed by atoms with Crippen LogP contribution in [0.4, 0.5) is 0 Å². The van der Waals surface area contributed by atoms with Gasteiger partial charge in [0.2, 0.25) is 0 Å². The maximum Gasteiger partial charge on any atom is 0.200 e. The Kier molecular flexibility index (Phi) is 6.87. The number of fused-ring (bicyclic) bond motifs is 3. The first kappa shape index (κ1) is 27.3. The van der Waals surface area contributed by atoms with Gasteiger partial charge < -0.3 is 0 Å². The lowest BCUT2D eigenvalue weighted by Crippen LogP contribution is -2.32. The van der Waals surface area contributed by atoms with Crippen molar-refractivity contribution in [1.82, 2.24) is 44.6 Å². The Morgan fingerprint density at radius 3 is 2.44 bits per heavy atom. The molecular weight excluding hydrogens is 558 g/mol. The number of aromatic amines is 1. The maximum atomic E-state index is 5.20. The van der Waals surface area contributed by atoms with Gasteiger partial charge in [-0.3, -0.25) is 15.0 Å². The highest BCUT2D eigenvalue weighted by Crippen LogP contribution is 2.34. The minimum atomic E-state index is 0.379. The number of benzene rings is 2. The van der Waals surface area contributed by atoms with Crippen molar-refractivity contribution >= 4 is 16.7 Å².